The summed E-state index contributed by atoms with van der Waals surface area (Å²) >= 11 is 0. The Hall–Kier alpha value is -3.42. The van der Waals surface area contributed by atoms with Crippen LogP contribution in [0.1, 0.15) is 25.3 Å². The van der Waals surface area contributed by atoms with Crippen LogP contribution in [0.3, 0.4) is 0 Å². The Bertz CT molecular complexity index is 887. The van der Waals surface area contributed by atoms with E-state index in [9.17, 15) is 14.4 Å². The van der Waals surface area contributed by atoms with Gasteiger partial charge in [0.2, 0.25) is 5.91 Å². The second-order valence-electron chi connectivity index (χ2n) is 6.78. The lowest BCUT2D eigenvalue weighted by molar-refractivity contribution is -0.144. The zero-order chi connectivity index (χ0) is 21.3. The minimum absolute atomic E-state index is 0.0482. The van der Waals surface area contributed by atoms with Gasteiger partial charge in [-0.1, -0.05) is 18.2 Å². The molecule has 30 heavy (non-hydrogen) atoms. The number of rotatable bonds is 9. The average Bonchev–Trinajstić information content (AvgIpc) is 2.76. The van der Waals surface area contributed by atoms with E-state index in [1.807, 2.05) is 18.2 Å². The van der Waals surface area contributed by atoms with E-state index < -0.39 is 0 Å². The van der Waals surface area contributed by atoms with Crippen LogP contribution < -0.4 is 9.64 Å². The van der Waals surface area contributed by atoms with Crippen molar-refractivity contribution in [1.29, 1.82) is 0 Å². The summed E-state index contributed by atoms with van der Waals surface area (Å²) in [6.45, 7) is 2.80. The summed E-state index contributed by atoms with van der Waals surface area (Å²) in [5.41, 5.74) is 1.52. The van der Waals surface area contributed by atoms with Crippen LogP contribution in [0.4, 0.5) is 5.69 Å². The zero-order valence-electron chi connectivity index (χ0n) is 17.0. The molecule has 0 N–H and O–H groups in total. The molecule has 1 aromatic carbocycles. The Labute approximate surface area is 175 Å². The third-order valence-electron chi connectivity index (χ3n) is 4.70. The molecule has 2 heterocycles. The zero-order valence-corrected chi connectivity index (χ0v) is 17.0. The predicted octanol–water partition coefficient (Wildman–Crippen LogP) is 2.18. The molecule has 158 valence electrons. The summed E-state index contributed by atoms with van der Waals surface area (Å²) in [6.07, 6.45) is 3.59. The normalized spacial score (nSPS) is 12.7. The Morgan fingerprint density at radius 2 is 2.03 bits per heavy atom. The maximum absolute atomic E-state index is 13.0. The van der Waals surface area contributed by atoms with Crippen molar-refractivity contribution in [2.45, 2.75) is 26.3 Å². The summed E-state index contributed by atoms with van der Waals surface area (Å²) in [5, 5.41) is 0. The molecule has 2 amide bonds. The van der Waals surface area contributed by atoms with Gasteiger partial charge in [0.15, 0.2) is 6.61 Å². The third-order valence-corrected chi connectivity index (χ3v) is 4.70. The molecule has 8 heteroatoms. The smallest absolute Gasteiger partial charge is 0.307 e. The molecule has 0 radical (unpaired) electrons. The fourth-order valence-electron chi connectivity index (χ4n) is 3.23. The fourth-order valence-corrected chi connectivity index (χ4v) is 3.23. The van der Waals surface area contributed by atoms with Crippen molar-refractivity contribution in [3.8, 4) is 5.75 Å². The molecule has 0 bridgehead atoms. The number of hydrogen-bond acceptors (Lipinski definition) is 6. The van der Waals surface area contributed by atoms with Crippen molar-refractivity contribution in [2.24, 2.45) is 0 Å². The quantitative estimate of drug-likeness (QED) is 0.588. The molecule has 1 aromatic heterocycles. The molecular weight excluding hydrogens is 386 g/mol. The SMILES string of the molecule is CCOC(=O)CCN(Cc1cccnc1)C(=O)CCN1C(=O)COc2ccccc21. The van der Waals surface area contributed by atoms with E-state index in [1.165, 1.54) is 0 Å². The van der Waals surface area contributed by atoms with E-state index >= 15 is 0 Å². The third kappa shape index (κ3) is 5.56. The maximum Gasteiger partial charge on any atom is 0.307 e. The van der Waals surface area contributed by atoms with Gasteiger partial charge in [-0.2, -0.15) is 0 Å². The number of carbonyl (C=O) groups is 3. The standard InChI is InChI=1S/C22H25N3O5/c1-2-29-22(28)10-12-24(15-17-6-5-11-23-14-17)20(26)9-13-25-18-7-3-4-8-19(18)30-16-21(25)27/h3-8,11,14H,2,9-10,12-13,15-16H2,1H3. The van der Waals surface area contributed by atoms with Gasteiger partial charge in [0.05, 0.1) is 18.7 Å². The Kier molecular flexibility index (Phi) is 7.37. The molecule has 8 nitrogen and oxygen atoms in total. The van der Waals surface area contributed by atoms with Gasteiger partial charge in [-0.05, 0) is 30.7 Å². The van der Waals surface area contributed by atoms with Gasteiger partial charge in [-0.25, -0.2) is 0 Å². The Morgan fingerprint density at radius 3 is 2.80 bits per heavy atom. The lowest BCUT2D eigenvalue weighted by Crippen LogP contribution is -2.42. The van der Waals surface area contributed by atoms with Crippen molar-refractivity contribution >= 4 is 23.5 Å². The number of carbonyl (C=O) groups excluding carboxylic acids is 3. The molecule has 0 spiro atoms. The van der Waals surface area contributed by atoms with E-state index in [0.29, 0.717) is 24.6 Å². The van der Waals surface area contributed by atoms with Crippen molar-refractivity contribution in [2.75, 3.05) is 31.2 Å². The van der Waals surface area contributed by atoms with Crippen LogP contribution in [-0.2, 0) is 25.7 Å². The van der Waals surface area contributed by atoms with Crippen LogP contribution in [-0.4, -0.2) is 54.0 Å². The predicted molar refractivity (Wildman–Crippen MR) is 110 cm³/mol. The summed E-state index contributed by atoms with van der Waals surface area (Å²) in [7, 11) is 0. The second-order valence-corrected chi connectivity index (χ2v) is 6.78. The Morgan fingerprint density at radius 1 is 1.20 bits per heavy atom. The number of esters is 1. The van der Waals surface area contributed by atoms with E-state index in [1.54, 1.807) is 47.3 Å². The number of hydrogen-bond donors (Lipinski definition) is 0. The van der Waals surface area contributed by atoms with Crippen LogP contribution in [0.2, 0.25) is 0 Å². The number of anilines is 1. The minimum atomic E-state index is -0.348. The molecule has 3 rings (SSSR count). The van der Waals surface area contributed by atoms with E-state index in [4.69, 9.17) is 9.47 Å². The van der Waals surface area contributed by atoms with Crippen LogP contribution in [0.15, 0.2) is 48.8 Å². The number of amides is 2. The Balaban J connectivity index is 1.66. The highest BCUT2D eigenvalue weighted by Crippen LogP contribution is 2.31. The summed E-state index contributed by atoms with van der Waals surface area (Å²) in [6, 6.07) is 10.9. The lowest BCUT2D eigenvalue weighted by Gasteiger charge is -2.30. The largest absolute Gasteiger partial charge is 0.482 e. The van der Waals surface area contributed by atoms with Gasteiger partial charge in [-0.3, -0.25) is 19.4 Å². The highest BCUT2D eigenvalue weighted by atomic mass is 16.5. The molecule has 0 aliphatic carbocycles. The van der Waals surface area contributed by atoms with Gasteiger partial charge in [0.1, 0.15) is 5.75 Å². The highest BCUT2D eigenvalue weighted by molar-refractivity contribution is 5.98. The first kappa shape index (κ1) is 21.3. The van der Waals surface area contributed by atoms with E-state index in [0.717, 1.165) is 5.56 Å². The topological polar surface area (TPSA) is 89.0 Å². The van der Waals surface area contributed by atoms with Gasteiger partial charge < -0.3 is 19.3 Å². The van der Waals surface area contributed by atoms with Crippen molar-refractivity contribution in [3.05, 3.63) is 54.4 Å². The maximum atomic E-state index is 13.0. The van der Waals surface area contributed by atoms with Crippen molar-refractivity contribution in [3.63, 3.8) is 0 Å². The van der Waals surface area contributed by atoms with Crippen LogP contribution >= 0.6 is 0 Å². The minimum Gasteiger partial charge on any atom is -0.482 e. The summed E-state index contributed by atoms with van der Waals surface area (Å²) in [4.78, 5) is 44.3. The van der Waals surface area contributed by atoms with Gasteiger partial charge in [0.25, 0.3) is 5.91 Å². The van der Waals surface area contributed by atoms with Crippen LogP contribution in [0.25, 0.3) is 0 Å². The molecule has 1 aliphatic rings. The molecule has 1 aliphatic heterocycles. The number of fused-ring (bicyclic) bond motifs is 1. The first-order valence-corrected chi connectivity index (χ1v) is 9.93. The lowest BCUT2D eigenvalue weighted by atomic mass is 10.2. The number of ether oxygens (including phenoxy) is 2. The number of para-hydroxylation sites is 2. The van der Waals surface area contributed by atoms with Crippen LogP contribution in [0, 0.1) is 0 Å². The molecule has 0 fully saturated rings. The average molecular weight is 411 g/mol. The number of aromatic nitrogens is 1. The fraction of sp³-hybridized carbons (Fsp3) is 0.364. The molecule has 2 aromatic rings. The van der Waals surface area contributed by atoms with Gasteiger partial charge >= 0.3 is 5.97 Å². The van der Waals surface area contributed by atoms with Crippen LogP contribution in [0.5, 0.6) is 5.75 Å². The summed E-state index contributed by atoms with van der Waals surface area (Å²) in [5.74, 6) is -0.0652. The monoisotopic (exact) mass is 411 g/mol. The first-order chi connectivity index (χ1) is 14.6. The number of nitrogens with zero attached hydrogens (tertiary/aromatic N) is 3. The number of benzene rings is 1. The molecule has 0 saturated carbocycles. The summed E-state index contributed by atoms with van der Waals surface area (Å²) < 4.78 is 10.4. The molecular formula is C22H25N3O5. The van der Waals surface area contributed by atoms with E-state index in [-0.39, 0.29) is 50.3 Å². The molecule has 0 atom stereocenters. The van der Waals surface area contributed by atoms with Crippen molar-refractivity contribution in [1.82, 2.24) is 9.88 Å². The molecule has 0 unspecified atom stereocenters. The van der Waals surface area contributed by atoms with Gasteiger partial charge in [-0.15, -0.1) is 0 Å². The number of pyridine rings is 1. The van der Waals surface area contributed by atoms with Gasteiger partial charge in [0, 0.05) is 38.4 Å². The first-order valence-electron chi connectivity index (χ1n) is 9.93. The highest BCUT2D eigenvalue weighted by Gasteiger charge is 2.26. The van der Waals surface area contributed by atoms with Crippen molar-refractivity contribution < 1.29 is 23.9 Å². The van der Waals surface area contributed by atoms with E-state index in [2.05, 4.69) is 4.98 Å². The second kappa shape index (κ2) is 10.4. The molecule has 0 saturated heterocycles.